The molecule has 0 saturated carbocycles. The van der Waals surface area contributed by atoms with E-state index in [4.69, 9.17) is 5.73 Å². The summed E-state index contributed by atoms with van der Waals surface area (Å²) in [6.07, 6.45) is 3.59. The minimum absolute atomic E-state index is 0.0930. The number of rotatable bonds is 3. The van der Waals surface area contributed by atoms with Gasteiger partial charge in [0.15, 0.2) is 0 Å². The lowest BCUT2D eigenvalue weighted by Gasteiger charge is -2.28. The van der Waals surface area contributed by atoms with Crippen molar-refractivity contribution in [1.29, 1.82) is 0 Å². The van der Waals surface area contributed by atoms with E-state index in [1.165, 1.54) is 0 Å². The van der Waals surface area contributed by atoms with Gasteiger partial charge in [0.05, 0.1) is 0 Å². The Morgan fingerprint density at radius 1 is 1.50 bits per heavy atom. The van der Waals surface area contributed by atoms with Crippen molar-refractivity contribution in [2.75, 3.05) is 18.8 Å². The second-order valence-electron chi connectivity index (χ2n) is 4.04. The number of nitrogens with two attached hydrogens (primary N) is 1. The number of carbonyl (C=O) groups is 1. The van der Waals surface area contributed by atoms with Gasteiger partial charge in [0.25, 0.3) is 5.91 Å². The third kappa shape index (κ3) is 1.94. The van der Waals surface area contributed by atoms with E-state index in [0.717, 1.165) is 37.1 Å². The van der Waals surface area contributed by atoms with Gasteiger partial charge in [-0.05, 0) is 30.5 Å². The lowest BCUT2D eigenvalue weighted by Crippen LogP contribution is -2.38. The molecule has 1 aromatic rings. The Balaban J connectivity index is 2.23. The zero-order valence-corrected chi connectivity index (χ0v) is 9.28. The van der Waals surface area contributed by atoms with Crippen LogP contribution in [-0.2, 0) is 6.42 Å². The highest BCUT2D eigenvalue weighted by molar-refractivity contribution is 5.97. The van der Waals surface area contributed by atoms with Crippen LogP contribution in [0.4, 0.5) is 5.69 Å². The molecule has 1 aliphatic rings. The molecule has 0 radical (unpaired) electrons. The fourth-order valence-electron chi connectivity index (χ4n) is 2.00. The first-order chi connectivity index (χ1) is 7.72. The van der Waals surface area contributed by atoms with Crippen LogP contribution in [-0.4, -0.2) is 23.9 Å². The molecule has 2 N–H and O–H groups in total. The highest BCUT2D eigenvalue weighted by Gasteiger charge is 2.23. The van der Waals surface area contributed by atoms with Crippen molar-refractivity contribution in [3.63, 3.8) is 0 Å². The van der Waals surface area contributed by atoms with Crippen molar-refractivity contribution in [3.05, 3.63) is 42.0 Å². The van der Waals surface area contributed by atoms with E-state index in [2.05, 4.69) is 6.58 Å². The van der Waals surface area contributed by atoms with Gasteiger partial charge < -0.3 is 10.6 Å². The third-order valence-electron chi connectivity index (χ3n) is 2.91. The highest BCUT2D eigenvalue weighted by atomic mass is 16.2. The van der Waals surface area contributed by atoms with Gasteiger partial charge in [-0.1, -0.05) is 12.1 Å². The first-order valence-electron chi connectivity index (χ1n) is 5.51. The standard InChI is InChI=1S/C13H16N2O/c1-2-3-7-15-8-6-10-4-5-11(14)9-12(10)13(15)16/h2,4-5,9H,1,3,6-8,14H2. The second-order valence-corrected chi connectivity index (χ2v) is 4.04. The zero-order chi connectivity index (χ0) is 11.5. The van der Waals surface area contributed by atoms with E-state index >= 15 is 0 Å². The molecule has 0 spiro atoms. The summed E-state index contributed by atoms with van der Waals surface area (Å²) in [6.45, 7) is 5.21. The highest BCUT2D eigenvalue weighted by Crippen LogP contribution is 2.21. The van der Waals surface area contributed by atoms with Crippen LogP contribution in [0.1, 0.15) is 22.3 Å². The Hall–Kier alpha value is -1.77. The molecule has 0 bridgehead atoms. The van der Waals surface area contributed by atoms with Gasteiger partial charge in [0.1, 0.15) is 0 Å². The Morgan fingerprint density at radius 3 is 3.06 bits per heavy atom. The largest absolute Gasteiger partial charge is 0.399 e. The van der Waals surface area contributed by atoms with Crippen molar-refractivity contribution in [2.45, 2.75) is 12.8 Å². The predicted molar refractivity (Wildman–Crippen MR) is 65.3 cm³/mol. The first kappa shape index (κ1) is 10.7. The molecule has 1 aliphatic heterocycles. The molecule has 2 rings (SSSR count). The molecule has 0 atom stereocenters. The van der Waals surface area contributed by atoms with Crippen LogP contribution in [0.5, 0.6) is 0 Å². The summed E-state index contributed by atoms with van der Waals surface area (Å²) in [7, 11) is 0. The summed E-state index contributed by atoms with van der Waals surface area (Å²) in [5, 5.41) is 0. The van der Waals surface area contributed by atoms with E-state index in [1.807, 2.05) is 23.1 Å². The molecule has 84 valence electrons. The maximum absolute atomic E-state index is 12.1. The van der Waals surface area contributed by atoms with E-state index in [0.29, 0.717) is 5.69 Å². The van der Waals surface area contributed by atoms with Crippen LogP contribution in [0.15, 0.2) is 30.9 Å². The van der Waals surface area contributed by atoms with Gasteiger partial charge in [-0.15, -0.1) is 6.58 Å². The Bertz CT molecular complexity index is 426. The maximum atomic E-state index is 12.1. The van der Waals surface area contributed by atoms with Crippen molar-refractivity contribution in [2.24, 2.45) is 0 Å². The average Bonchev–Trinajstić information content (AvgIpc) is 2.29. The van der Waals surface area contributed by atoms with Gasteiger partial charge in [-0.25, -0.2) is 0 Å². The monoisotopic (exact) mass is 216 g/mol. The van der Waals surface area contributed by atoms with E-state index in [-0.39, 0.29) is 5.91 Å². The molecule has 16 heavy (non-hydrogen) atoms. The van der Waals surface area contributed by atoms with E-state index in [9.17, 15) is 4.79 Å². The van der Waals surface area contributed by atoms with Crippen LogP contribution in [0.25, 0.3) is 0 Å². The minimum Gasteiger partial charge on any atom is -0.399 e. The topological polar surface area (TPSA) is 46.3 Å². The second kappa shape index (κ2) is 4.39. The number of amides is 1. The Kier molecular flexibility index (Phi) is 2.95. The van der Waals surface area contributed by atoms with Gasteiger partial charge in [0.2, 0.25) is 0 Å². The molecule has 0 aliphatic carbocycles. The van der Waals surface area contributed by atoms with Crippen molar-refractivity contribution in [3.8, 4) is 0 Å². The van der Waals surface area contributed by atoms with E-state index < -0.39 is 0 Å². The maximum Gasteiger partial charge on any atom is 0.254 e. The molecular formula is C13H16N2O. The van der Waals surface area contributed by atoms with Crippen molar-refractivity contribution in [1.82, 2.24) is 4.90 Å². The van der Waals surface area contributed by atoms with Crippen LogP contribution in [0.2, 0.25) is 0 Å². The predicted octanol–water partition coefficient (Wildman–Crippen LogP) is 1.84. The lowest BCUT2D eigenvalue weighted by molar-refractivity contribution is 0.0743. The van der Waals surface area contributed by atoms with Gasteiger partial charge in [-0.2, -0.15) is 0 Å². The molecule has 3 heteroatoms. The minimum atomic E-state index is 0.0930. The van der Waals surface area contributed by atoms with Crippen LogP contribution in [0.3, 0.4) is 0 Å². The number of hydrogen-bond acceptors (Lipinski definition) is 2. The molecule has 1 heterocycles. The molecule has 0 unspecified atom stereocenters. The fourth-order valence-corrected chi connectivity index (χ4v) is 2.00. The average molecular weight is 216 g/mol. The fraction of sp³-hybridized carbons (Fsp3) is 0.308. The van der Waals surface area contributed by atoms with Gasteiger partial charge >= 0.3 is 0 Å². The quantitative estimate of drug-likeness (QED) is 0.619. The summed E-state index contributed by atoms with van der Waals surface area (Å²) in [4.78, 5) is 14.0. The van der Waals surface area contributed by atoms with Crippen molar-refractivity contribution < 1.29 is 4.79 Å². The number of fused-ring (bicyclic) bond motifs is 1. The summed E-state index contributed by atoms with van der Waals surface area (Å²) in [6, 6.07) is 5.58. The molecule has 1 aromatic carbocycles. The molecular weight excluding hydrogens is 200 g/mol. The first-order valence-corrected chi connectivity index (χ1v) is 5.51. The number of anilines is 1. The number of hydrogen-bond donors (Lipinski definition) is 1. The molecule has 0 aromatic heterocycles. The Morgan fingerprint density at radius 2 is 2.31 bits per heavy atom. The summed E-state index contributed by atoms with van der Waals surface area (Å²) >= 11 is 0. The van der Waals surface area contributed by atoms with Crippen LogP contribution < -0.4 is 5.73 Å². The summed E-state index contributed by atoms with van der Waals surface area (Å²) in [5.41, 5.74) is 8.22. The molecule has 0 fully saturated rings. The molecule has 1 amide bonds. The van der Waals surface area contributed by atoms with Crippen LogP contribution >= 0.6 is 0 Å². The molecule has 0 saturated heterocycles. The summed E-state index contributed by atoms with van der Waals surface area (Å²) in [5.74, 6) is 0.0930. The lowest BCUT2D eigenvalue weighted by atomic mass is 9.98. The van der Waals surface area contributed by atoms with Crippen LogP contribution in [0, 0.1) is 0 Å². The van der Waals surface area contributed by atoms with Gasteiger partial charge in [-0.3, -0.25) is 4.79 Å². The number of nitrogen functional groups attached to an aromatic ring is 1. The number of nitrogens with zero attached hydrogens (tertiary/aromatic N) is 1. The SMILES string of the molecule is C=CCCN1CCc2ccc(N)cc2C1=O. The number of benzene rings is 1. The van der Waals surface area contributed by atoms with Gasteiger partial charge in [0, 0.05) is 24.3 Å². The zero-order valence-electron chi connectivity index (χ0n) is 9.28. The number of carbonyl (C=O) groups excluding carboxylic acids is 1. The molecule has 3 nitrogen and oxygen atoms in total. The smallest absolute Gasteiger partial charge is 0.254 e. The third-order valence-corrected chi connectivity index (χ3v) is 2.91. The summed E-state index contributed by atoms with van der Waals surface area (Å²) < 4.78 is 0. The van der Waals surface area contributed by atoms with E-state index in [1.54, 1.807) is 6.07 Å². The Labute approximate surface area is 95.6 Å². The van der Waals surface area contributed by atoms with Crippen molar-refractivity contribution >= 4 is 11.6 Å². The normalized spacial score (nSPS) is 14.8.